The molecule has 238 valence electrons. The summed E-state index contributed by atoms with van der Waals surface area (Å²) in [4.78, 5) is 96.0. The lowest BCUT2D eigenvalue weighted by Gasteiger charge is -2.26. The van der Waals surface area contributed by atoms with Crippen LogP contribution in [0.4, 0.5) is 0 Å². The van der Waals surface area contributed by atoms with Crippen molar-refractivity contribution in [2.45, 2.75) is 94.9 Å². The van der Waals surface area contributed by atoms with E-state index in [4.69, 9.17) is 26.2 Å². The molecule has 0 aliphatic heterocycles. The molecule has 4 amide bonds. The van der Waals surface area contributed by atoms with Crippen LogP contribution in [-0.4, -0.2) is 104 Å². The molecule has 0 aliphatic carbocycles. The Morgan fingerprint density at radius 2 is 0.929 bits per heavy atom. The molecule has 0 unspecified atom stereocenters. The van der Waals surface area contributed by atoms with E-state index in [1.54, 1.807) is 0 Å². The molecule has 17 nitrogen and oxygen atoms in total. The molecule has 0 saturated carbocycles. The van der Waals surface area contributed by atoms with E-state index in [1.165, 1.54) is 0 Å². The average Bonchev–Trinajstić information content (AvgIpc) is 2.91. The number of thiol groups is 1. The Bertz CT molecular complexity index is 995. The summed E-state index contributed by atoms with van der Waals surface area (Å²) in [7, 11) is 0. The first-order valence-corrected chi connectivity index (χ1v) is 13.7. The predicted molar refractivity (Wildman–Crippen MR) is 147 cm³/mol. The Morgan fingerprint density at radius 3 is 1.21 bits per heavy atom. The van der Waals surface area contributed by atoms with E-state index < -0.39 is 116 Å². The highest BCUT2D eigenvalue weighted by molar-refractivity contribution is 7.80. The molecule has 0 aliphatic rings. The van der Waals surface area contributed by atoms with Crippen LogP contribution in [0, 0.1) is 0 Å². The topological polar surface area (TPSA) is 292 Å². The van der Waals surface area contributed by atoms with E-state index in [0.29, 0.717) is 6.42 Å². The minimum Gasteiger partial charge on any atom is -0.481 e. The third-order valence-electron chi connectivity index (χ3n) is 5.84. The molecule has 0 rings (SSSR count). The highest BCUT2D eigenvalue weighted by Crippen LogP contribution is 2.07. The van der Waals surface area contributed by atoms with Crippen LogP contribution >= 0.6 is 12.6 Å². The second-order valence-corrected chi connectivity index (χ2v) is 9.68. The van der Waals surface area contributed by atoms with Crippen LogP contribution in [-0.2, 0) is 38.4 Å². The Balaban J connectivity index is 5.95. The standard InChI is InChI=1S/C24H39N5O12S/c1-2-3-4-12(25)20(36)26-13(5-8-17(30)31)21(37)27-14(6-9-18(32)33)22(38)28-15(7-10-19(34)35)23(39)29-16(11-42)24(40)41/h12-16,42H,2-11,25H2,1H3,(H,26,36)(H,27,37)(H,28,38)(H,29,39)(H,30,31)(H,32,33)(H,34,35)(H,40,41)/t12-,13-,14-,15-,16-/m0/s1. The van der Waals surface area contributed by atoms with Gasteiger partial charge in [0.15, 0.2) is 0 Å². The Hall–Kier alpha value is -3.93. The molecular formula is C24H39N5O12S. The van der Waals surface area contributed by atoms with E-state index >= 15 is 0 Å². The van der Waals surface area contributed by atoms with E-state index in [2.05, 4.69) is 33.9 Å². The fraction of sp³-hybridized carbons (Fsp3) is 0.667. The highest BCUT2D eigenvalue weighted by atomic mass is 32.1. The van der Waals surface area contributed by atoms with Gasteiger partial charge in [-0.05, 0) is 25.7 Å². The number of nitrogens with one attached hydrogen (secondary N) is 4. The molecule has 0 aromatic rings. The van der Waals surface area contributed by atoms with Crippen molar-refractivity contribution in [3.05, 3.63) is 0 Å². The van der Waals surface area contributed by atoms with Gasteiger partial charge in [-0.15, -0.1) is 0 Å². The second kappa shape index (κ2) is 20.0. The summed E-state index contributed by atoms with van der Waals surface area (Å²) in [5.74, 6) is -9.72. The molecule has 0 radical (unpaired) electrons. The number of carbonyl (C=O) groups excluding carboxylic acids is 4. The number of nitrogens with two attached hydrogens (primary N) is 1. The van der Waals surface area contributed by atoms with Gasteiger partial charge in [0.2, 0.25) is 23.6 Å². The predicted octanol–water partition coefficient (Wildman–Crippen LogP) is -1.95. The first kappa shape index (κ1) is 38.1. The number of carboxylic acid groups (broad SMARTS) is 4. The zero-order chi connectivity index (χ0) is 32.4. The van der Waals surface area contributed by atoms with Crippen LogP contribution in [0.5, 0.6) is 0 Å². The van der Waals surface area contributed by atoms with Gasteiger partial charge < -0.3 is 47.4 Å². The number of amides is 4. The maximum absolute atomic E-state index is 13.1. The Morgan fingerprint density at radius 1 is 0.595 bits per heavy atom. The molecule has 0 spiro atoms. The van der Waals surface area contributed by atoms with E-state index in [-0.39, 0.29) is 12.2 Å². The average molecular weight is 622 g/mol. The highest BCUT2D eigenvalue weighted by Gasteiger charge is 2.32. The number of aliphatic carboxylic acids is 4. The van der Waals surface area contributed by atoms with Gasteiger partial charge in [0, 0.05) is 25.0 Å². The van der Waals surface area contributed by atoms with Crippen LogP contribution in [0.25, 0.3) is 0 Å². The zero-order valence-corrected chi connectivity index (χ0v) is 23.9. The van der Waals surface area contributed by atoms with Gasteiger partial charge in [0.1, 0.15) is 24.2 Å². The Kier molecular flexibility index (Phi) is 18.2. The van der Waals surface area contributed by atoms with Crippen molar-refractivity contribution >= 4 is 60.1 Å². The first-order valence-electron chi connectivity index (χ1n) is 13.1. The van der Waals surface area contributed by atoms with Gasteiger partial charge in [0.25, 0.3) is 0 Å². The summed E-state index contributed by atoms with van der Waals surface area (Å²) >= 11 is 3.82. The fourth-order valence-corrected chi connectivity index (χ4v) is 3.69. The molecule has 0 aromatic heterocycles. The molecule has 42 heavy (non-hydrogen) atoms. The summed E-state index contributed by atoms with van der Waals surface area (Å²) < 4.78 is 0. The zero-order valence-electron chi connectivity index (χ0n) is 23.0. The van der Waals surface area contributed by atoms with Crippen molar-refractivity contribution in [2.75, 3.05) is 5.75 Å². The van der Waals surface area contributed by atoms with Crippen LogP contribution in [0.15, 0.2) is 0 Å². The number of unbranched alkanes of at least 4 members (excludes halogenated alkanes) is 1. The van der Waals surface area contributed by atoms with Gasteiger partial charge in [-0.1, -0.05) is 19.8 Å². The van der Waals surface area contributed by atoms with Crippen LogP contribution < -0.4 is 27.0 Å². The SMILES string of the molecule is CCCC[C@H](N)C(=O)N[C@@H](CCC(=O)O)C(=O)N[C@@H](CCC(=O)O)C(=O)N[C@@H](CCC(=O)O)C(=O)N[C@@H](CS)C(=O)O. The van der Waals surface area contributed by atoms with Gasteiger partial charge >= 0.3 is 23.9 Å². The summed E-state index contributed by atoms with van der Waals surface area (Å²) in [6.07, 6.45) is -1.58. The lowest BCUT2D eigenvalue weighted by Crippen LogP contribution is -2.58. The largest absolute Gasteiger partial charge is 0.481 e. The first-order chi connectivity index (χ1) is 19.6. The molecule has 5 atom stereocenters. The minimum absolute atomic E-state index is 0.287. The van der Waals surface area contributed by atoms with E-state index in [0.717, 1.165) is 6.42 Å². The summed E-state index contributed by atoms with van der Waals surface area (Å²) in [5.41, 5.74) is 5.82. The lowest BCUT2D eigenvalue weighted by atomic mass is 10.0. The van der Waals surface area contributed by atoms with Crippen molar-refractivity contribution in [1.29, 1.82) is 0 Å². The number of carboxylic acids is 4. The van der Waals surface area contributed by atoms with Gasteiger partial charge in [0.05, 0.1) is 6.04 Å². The molecule has 0 aromatic carbocycles. The van der Waals surface area contributed by atoms with Crippen molar-refractivity contribution in [1.82, 2.24) is 21.3 Å². The fourth-order valence-electron chi connectivity index (χ4n) is 3.45. The third-order valence-corrected chi connectivity index (χ3v) is 6.21. The molecule has 0 saturated heterocycles. The van der Waals surface area contributed by atoms with Gasteiger partial charge in [-0.25, -0.2) is 4.79 Å². The van der Waals surface area contributed by atoms with Crippen molar-refractivity contribution in [3.8, 4) is 0 Å². The molecule has 0 fully saturated rings. The minimum atomic E-state index is -1.63. The van der Waals surface area contributed by atoms with E-state index in [1.807, 2.05) is 6.92 Å². The van der Waals surface area contributed by atoms with E-state index in [9.17, 15) is 38.4 Å². The van der Waals surface area contributed by atoms with Gasteiger partial charge in [-0.3, -0.25) is 33.6 Å². The molecule has 18 heteroatoms. The van der Waals surface area contributed by atoms with Crippen molar-refractivity contribution in [2.24, 2.45) is 5.73 Å². The van der Waals surface area contributed by atoms with Gasteiger partial charge in [-0.2, -0.15) is 12.6 Å². The number of rotatable bonds is 22. The monoisotopic (exact) mass is 621 g/mol. The normalized spacial score (nSPS) is 14.3. The molecule has 10 N–H and O–H groups in total. The third kappa shape index (κ3) is 15.8. The molecule has 0 bridgehead atoms. The smallest absolute Gasteiger partial charge is 0.327 e. The van der Waals surface area contributed by atoms with Crippen LogP contribution in [0.2, 0.25) is 0 Å². The number of hydrogen-bond acceptors (Lipinski definition) is 10. The van der Waals surface area contributed by atoms with Crippen LogP contribution in [0.3, 0.4) is 0 Å². The maximum atomic E-state index is 13.1. The number of carbonyl (C=O) groups is 8. The molecular weight excluding hydrogens is 582 g/mol. The molecule has 0 heterocycles. The van der Waals surface area contributed by atoms with Crippen molar-refractivity contribution in [3.63, 3.8) is 0 Å². The maximum Gasteiger partial charge on any atom is 0.327 e. The summed E-state index contributed by atoms with van der Waals surface area (Å²) in [5, 5.41) is 45.2. The number of hydrogen-bond donors (Lipinski definition) is 10. The second-order valence-electron chi connectivity index (χ2n) is 9.31. The summed E-state index contributed by atoms with van der Waals surface area (Å²) in [6.45, 7) is 1.87. The lowest BCUT2D eigenvalue weighted by molar-refractivity contribution is -0.142. The van der Waals surface area contributed by atoms with Crippen LogP contribution in [0.1, 0.15) is 64.7 Å². The van der Waals surface area contributed by atoms with Crippen molar-refractivity contribution < 1.29 is 58.8 Å². The summed E-state index contributed by atoms with van der Waals surface area (Å²) in [6, 6.07) is -7.18. The quantitative estimate of drug-likeness (QED) is 0.0589. The Labute approximate surface area is 246 Å².